The molecule has 2 aromatic carbocycles. The van der Waals surface area contributed by atoms with E-state index in [-0.39, 0.29) is 30.9 Å². The number of benzene rings is 2. The van der Waals surface area contributed by atoms with E-state index in [9.17, 15) is 14.3 Å². The molecule has 1 aliphatic rings. The summed E-state index contributed by atoms with van der Waals surface area (Å²) in [6.07, 6.45) is 2.14. The predicted octanol–water partition coefficient (Wildman–Crippen LogP) is 3.14. The zero-order valence-corrected chi connectivity index (χ0v) is 15.5. The first-order valence-corrected chi connectivity index (χ1v) is 9.29. The van der Waals surface area contributed by atoms with E-state index in [0.29, 0.717) is 5.69 Å². The standard InChI is InChI=1S/C21H26FN3O2/c1-15-4-5-16(13-25-10-2-3-19(25)14-26)11-20(15)24-21(27)12-23-18-8-6-17(22)7-9-18/h4-9,11,19,23,26H,2-3,10,12-14H2,1H3,(H,24,27). The van der Waals surface area contributed by atoms with Crippen molar-refractivity contribution in [2.75, 3.05) is 30.3 Å². The van der Waals surface area contributed by atoms with Gasteiger partial charge in [-0.05, 0) is 67.8 Å². The number of anilines is 2. The summed E-state index contributed by atoms with van der Waals surface area (Å²) in [4.78, 5) is 14.6. The quantitative estimate of drug-likeness (QED) is 0.700. The van der Waals surface area contributed by atoms with E-state index in [1.165, 1.54) is 12.1 Å². The van der Waals surface area contributed by atoms with Gasteiger partial charge in [0.2, 0.25) is 5.91 Å². The maximum absolute atomic E-state index is 12.9. The largest absolute Gasteiger partial charge is 0.395 e. The average molecular weight is 371 g/mol. The van der Waals surface area contributed by atoms with Crippen molar-refractivity contribution in [1.82, 2.24) is 4.90 Å². The highest BCUT2D eigenvalue weighted by Gasteiger charge is 2.23. The molecular formula is C21H26FN3O2. The van der Waals surface area contributed by atoms with E-state index in [4.69, 9.17) is 0 Å². The molecule has 3 rings (SSSR count). The van der Waals surface area contributed by atoms with Crippen molar-refractivity contribution in [3.63, 3.8) is 0 Å². The summed E-state index contributed by atoms with van der Waals surface area (Å²) >= 11 is 0. The lowest BCUT2D eigenvalue weighted by molar-refractivity contribution is -0.114. The topological polar surface area (TPSA) is 64.6 Å². The lowest BCUT2D eigenvalue weighted by Crippen LogP contribution is -2.31. The molecule has 1 heterocycles. The molecule has 1 aliphatic heterocycles. The first kappa shape index (κ1) is 19.3. The van der Waals surface area contributed by atoms with Gasteiger partial charge in [-0.2, -0.15) is 0 Å². The molecule has 0 spiro atoms. The molecule has 2 aromatic rings. The second-order valence-corrected chi connectivity index (χ2v) is 7.01. The van der Waals surface area contributed by atoms with E-state index >= 15 is 0 Å². The van der Waals surface area contributed by atoms with Crippen LogP contribution in [0, 0.1) is 12.7 Å². The van der Waals surface area contributed by atoms with E-state index < -0.39 is 0 Å². The molecule has 6 heteroatoms. The van der Waals surface area contributed by atoms with Gasteiger partial charge < -0.3 is 15.7 Å². The Labute approximate surface area is 159 Å². The summed E-state index contributed by atoms with van der Waals surface area (Å²) < 4.78 is 12.9. The highest BCUT2D eigenvalue weighted by atomic mass is 19.1. The summed E-state index contributed by atoms with van der Waals surface area (Å²) in [5.41, 5.74) is 3.59. The van der Waals surface area contributed by atoms with Crippen molar-refractivity contribution in [2.24, 2.45) is 0 Å². The van der Waals surface area contributed by atoms with Crippen LogP contribution in [0.15, 0.2) is 42.5 Å². The highest BCUT2D eigenvalue weighted by Crippen LogP contribution is 2.23. The number of aliphatic hydroxyl groups is 1. The lowest BCUT2D eigenvalue weighted by Gasteiger charge is -2.23. The Bertz CT molecular complexity index is 779. The molecule has 0 bridgehead atoms. The molecule has 0 aliphatic carbocycles. The summed E-state index contributed by atoms with van der Waals surface area (Å²) in [6, 6.07) is 12.2. The summed E-state index contributed by atoms with van der Waals surface area (Å²) in [5.74, 6) is -0.465. The van der Waals surface area contributed by atoms with Crippen molar-refractivity contribution in [1.29, 1.82) is 0 Å². The van der Waals surface area contributed by atoms with E-state index in [1.54, 1.807) is 12.1 Å². The normalized spacial score (nSPS) is 17.1. The fourth-order valence-electron chi connectivity index (χ4n) is 3.39. The van der Waals surface area contributed by atoms with Gasteiger partial charge in [-0.25, -0.2) is 4.39 Å². The smallest absolute Gasteiger partial charge is 0.243 e. The van der Waals surface area contributed by atoms with Gasteiger partial charge in [0.1, 0.15) is 5.82 Å². The van der Waals surface area contributed by atoms with Crippen LogP contribution in [0.2, 0.25) is 0 Å². The number of rotatable bonds is 7. The number of amides is 1. The molecule has 0 radical (unpaired) electrons. The summed E-state index contributed by atoms with van der Waals surface area (Å²) in [7, 11) is 0. The Morgan fingerprint density at radius 3 is 2.78 bits per heavy atom. The van der Waals surface area contributed by atoms with Gasteiger partial charge in [-0.3, -0.25) is 9.69 Å². The van der Waals surface area contributed by atoms with Crippen LogP contribution in [-0.2, 0) is 11.3 Å². The third-order valence-corrected chi connectivity index (χ3v) is 4.97. The fraction of sp³-hybridized carbons (Fsp3) is 0.381. The van der Waals surface area contributed by atoms with Gasteiger partial charge >= 0.3 is 0 Å². The Morgan fingerprint density at radius 2 is 2.04 bits per heavy atom. The SMILES string of the molecule is Cc1ccc(CN2CCCC2CO)cc1NC(=O)CNc1ccc(F)cc1. The number of carbonyl (C=O) groups excluding carboxylic acids is 1. The van der Waals surface area contributed by atoms with Gasteiger partial charge in [-0.1, -0.05) is 12.1 Å². The van der Waals surface area contributed by atoms with Crippen LogP contribution in [0.4, 0.5) is 15.8 Å². The summed E-state index contributed by atoms with van der Waals surface area (Å²) in [5, 5.41) is 15.4. The Morgan fingerprint density at radius 1 is 1.26 bits per heavy atom. The maximum Gasteiger partial charge on any atom is 0.243 e. The molecule has 1 unspecified atom stereocenters. The molecule has 1 saturated heterocycles. The van der Waals surface area contributed by atoms with Crippen LogP contribution in [0.1, 0.15) is 24.0 Å². The molecule has 1 fully saturated rings. The van der Waals surface area contributed by atoms with Gasteiger partial charge in [0, 0.05) is 24.0 Å². The monoisotopic (exact) mass is 371 g/mol. The number of nitrogens with zero attached hydrogens (tertiary/aromatic N) is 1. The third-order valence-electron chi connectivity index (χ3n) is 4.97. The molecule has 3 N–H and O–H groups in total. The molecule has 0 saturated carbocycles. The zero-order chi connectivity index (χ0) is 19.2. The predicted molar refractivity (Wildman–Crippen MR) is 105 cm³/mol. The fourth-order valence-corrected chi connectivity index (χ4v) is 3.39. The number of hydrogen-bond donors (Lipinski definition) is 3. The maximum atomic E-state index is 12.9. The average Bonchev–Trinajstić information content (AvgIpc) is 3.11. The van der Waals surface area contributed by atoms with Crippen LogP contribution < -0.4 is 10.6 Å². The van der Waals surface area contributed by atoms with Crippen LogP contribution >= 0.6 is 0 Å². The Balaban J connectivity index is 1.58. The lowest BCUT2D eigenvalue weighted by atomic mass is 10.1. The van der Waals surface area contributed by atoms with Crippen LogP contribution in [0.5, 0.6) is 0 Å². The number of aliphatic hydroxyl groups excluding tert-OH is 1. The minimum Gasteiger partial charge on any atom is -0.395 e. The molecule has 5 nitrogen and oxygen atoms in total. The number of nitrogens with one attached hydrogen (secondary N) is 2. The van der Waals surface area contributed by atoms with Crippen LogP contribution in [0.25, 0.3) is 0 Å². The van der Waals surface area contributed by atoms with E-state index in [0.717, 1.165) is 42.7 Å². The Hall–Kier alpha value is -2.44. The van der Waals surface area contributed by atoms with Crippen molar-refractivity contribution in [2.45, 2.75) is 32.4 Å². The molecule has 1 amide bonds. The summed E-state index contributed by atoms with van der Waals surface area (Å²) in [6.45, 7) is 4.00. The van der Waals surface area contributed by atoms with Crippen LogP contribution in [-0.4, -0.2) is 41.7 Å². The molecular weight excluding hydrogens is 345 g/mol. The second kappa shape index (κ2) is 8.97. The molecule has 0 aromatic heterocycles. The molecule has 1 atom stereocenters. The number of hydrogen-bond acceptors (Lipinski definition) is 4. The van der Waals surface area contributed by atoms with Crippen molar-refractivity contribution >= 4 is 17.3 Å². The number of carbonyl (C=O) groups is 1. The number of halogens is 1. The number of likely N-dealkylation sites (tertiary alicyclic amines) is 1. The van der Waals surface area contributed by atoms with Crippen molar-refractivity contribution in [3.8, 4) is 0 Å². The van der Waals surface area contributed by atoms with Gasteiger partial charge in [0.15, 0.2) is 0 Å². The van der Waals surface area contributed by atoms with Crippen molar-refractivity contribution in [3.05, 3.63) is 59.4 Å². The zero-order valence-electron chi connectivity index (χ0n) is 15.5. The molecule has 27 heavy (non-hydrogen) atoms. The first-order chi connectivity index (χ1) is 13.0. The molecule has 144 valence electrons. The highest BCUT2D eigenvalue weighted by molar-refractivity contribution is 5.94. The minimum absolute atomic E-state index is 0.105. The minimum atomic E-state index is -0.307. The second-order valence-electron chi connectivity index (χ2n) is 7.01. The van der Waals surface area contributed by atoms with E-state index in [2.05, 4.69) is 21.6 Å². The van der Waals surface area contributed by atoms with Crippen LogP contribution in [0.3, 0.4) is 0 Å². The third kappa shape index (κ3) is 5.28. The first-order valence-electron chi connectivity index (χ1n) is 9.29. The van der Waals surface area contributed by atoms with E-state index in [1.807, 2.05) is 19.1 Å². The number of aryl methyl sites for hydroxylation is 1. The van der Waals surface area contributed by atoms with Gasteiger partial charge in [0.05, 0.1) is 13.2 Å². The van der Waals surface area contributed by atoms with Crippen molar-refractivity contribution < 1.29 is 14.3 Å². The van der Waals surface area contributed by atoms with Gasteiger partial charge in [0.25, 0.3) is 0 Å². The Kier molecular flexibility index (Phi) is 6.42. The van der Waals surface area contributed by atoms with Gasteiger partial charge in [-0.15, -0.1) is 0 Å².